The van der Waals surface area contributed by atoms with Crippen LogP contribution < -0.4 is 5.32 Å². The molecule has 0 spiro atoms. The number of hydrogen-bond donors (Lipinski definition) is 1. The second-order valence-electron chi connectivity index (χ2n) is 4.28. The van der Waals surface area contributed by atoms with Gasteiger partial charge in [-0.15, -0.1) is 6.58 Å². The van der Waals surface area contributed by atoms with E-state index in [1.54, 1.807) is 12.1 Å². The molecular weight excluding hydrogens is 213 g/mol. The first-order valence-electron chi connectivity index (χ1n) is 6.37. The maximum absolute atomic E-state index is 13.2. The van der Waals surface area contributed by atoms with Crippen LogP contribution in [-0.4, -0.2) is 6.54 Å². The summed E-state index contributed by atoms with van der Waals surface area (Å²) in [5, 5.41) is 3.47. The molecule has 0 bridgehead atoms. The zero-order valence-corrected chi connectivity index (χ0v) is 10.6. The minimum absolute atomic E-state index is 0.158. The van der Waals surface area contributed by atoms with Gasteiger partial charge in [-0.2, -0.15) is 0 Å². The van der Waals surface area contributed by atoms with E-state index < -0.39 is 0 Å². The largest absolute Gasteiger partial charge is 0.310 e. The predicted octanol–water partition coefficient (Wildman–Crippen LogP) is 4.22. The van der Waals surface area contributed by atoms with Crippen molar-refractivity contribution in [3.05, 3.63) is 48.3 Å². The van der Waals surface area contributed by atoms with Crippen LogP contribution in [0.3, 0.4) is 0 Å². The summed E-state index contributed by atoms with van der Waals surface area (Å²) in [5.41, 5.74) is 1.04. The number of rotatable bonds is 8. The number of benzene rings is 1. The standard InChI is InChI=1S/C15H22FN/c1-3-5-6-10-15(17-11-4-2)13-8-7-9-14(16)12-13/h3,7-9,12,15,17H,1,4-6,10-11H2,2H3. The Bertz CT molecular complexity index is 335. The molecule has 1 aromatic carbocycles. The molecule has 1 nitrogen and oxygen atoms in total. The summed E-state index contributed by atoms with van der Waals surface area (Å²) in [6.45, 7) is 6.83. The van der Waals surface area contributed by atoms with Crippen molar-refractivity contribution >= 4 is 0 Å². The van der Waals surface area contributed by atoms with Crippen molar-refractivity contribution in [2.45, 2.75) is 38.6 Å². The molecule has 0 aliphatic rings. The first kappa shape index (κ1) is 13.9. The van der Waals surface area contributed by atoms with Gasteiger partial charge in [0.2, 0.25) is 0 Å². The van der Waals surface area contributed by atoms with E-state index in [1.807, 2.05) is 12.1 Å². The monoisotopic (exact) mass is 235 g/mol. The molecule has 0 heterocycles. The Balaban J connectivity index is 2.63. The van der Waals surface area contributed by atoms with Gasteiger partial charge in [-0.25, -0.2) is 4.39 Å². The Morgan fingerprint density at radius 1 is 1.47 bits per heavy atom. The Hall–Kier alpha value is -1.15. The molecule has 0 aliphatic heterocycles. The summed E-state index contributed by atoms with van der Waals surface area (Å²) < 4.78 is 13.2. The van der Waals surface area contributed by atoms with Gasteiger partial charge in [0, 0.05) is 6.04 Å². The summed E-state index contributed by atoms with van der Waals surface area (Å²) in [5.74, 6) is -0.158. The summed E-state index contributed by atoms with van der Waals surface area (Å²) in [6.07, 6.45) is 6.15. The molecule has 0 aromatic heterocycles. The van der Waals surface area contributed by atoms with Gasteiger partial charge >= 0.3 is 0 Å². The molecule has 94 valence electrons. The van der Waals surface area contributed by atoms with E-state index >= 15 is 0 Å². The molecule has 2 heteroatoms. The third-order valence-corrected chi connectivity index (χ3v) is 2.79. The molecule has 0 radical (unpaired) electrons. The highest BCUT2D eigenvalue weighted by Gasteiger charge is 2.10. The lowest BCUT2D eigenvalue weighted by Crippen LogP contribution is -2.22. The molecule has 1 unspecified atom stereocenters. The fourth-order valence-corrected chi connectivity index (χ4v) is 1.89. The molecule has 1 N–H and O–H groups in total. The van der Waals surface area contributed by atoms with Crippen molar-refractivity contribution in [1.29, 1.82) is 0 Å². The van der Waals surface area contributed by atoms with Crippen molar-refractivity contribution < 1.29 is 4.39 Å². The van der Waals surface area contributed by atoms with Gasteiger partial charge in [0.15, 0.2) is 0 Å². The van der Waals surface area contributed by atoms with Crippen LogP contribution in [-0.2, 0) is 0 Å². The first-order valence-corrected chi connectivity index (χ1v) is 6.37. The van der Waals surface area contributed by atoms with E-state index in [2.05, 4.69) is 18.8 Å². The van der Waals surface area contributed by atoms with Crippen LogP contribution in [0, 0.1) is 5.82 Å². The number of unbranched alkanes of at least 4 members (excludes halogenated alkanes) is 1. The van der Waals surface area contributed by atoms with Gasteiger partial charge in [0.05, 0.1) is 0 Å². The smallest absolute Gasteiger partial charge is 0.123 e. The highest BCUT2D eigenvalue weighted by atomic mass is 19.1. The van der Waals surface area contributed by atoms with E-state index in [-0.39, 0.29) is 11.9 Å². The van der Waals surface area contributed by atoms with Gasteiger partial charge < -0.3 is 5.32 Å². The maximum atomic E-state index is 13.2. The fraction of sp³-hybridized carbons (Fsp3) is 0.467. The number of allylic oxidation sites excluding steroid dienone is 1. The van der Waals surface area contributed by atoms with E-state index in [4.69, 9.17) is 0 Å². The fourth-order valence-electron chi connectivity index (χ4n) is 1.89. The van der Waals surface area contributed by atoms with Crippen LogP contribution in [0.4, 0.5) is 4.39 Å². The Morgan fingerprint density at radius 2 is 2.29 bits per heavy atom. The third-order valence-electron chi connectivity index (χ3n) is 2.79. The maximum Gasteiger partial charge on any atom is 0.123 e. The number of nitrogens with one attached hydrogen (secondary N) is 1. The van der Waals surface area contributed by atoms with E-state index in [0.29, 0.717) is 0 Å². The van der Waals surface area contributed by atoms with Crippen molar-refractivity contribution in [3.63, 3.8) is 0 Å². The Labute approximate surface area is 104 Å². The van der Waals surface area contributed by atoms with Crippen LogP contribution >= 0.6 is 0 Å². The van der Waals surface area contributed by atoms with E-state index in [0.717, 1.165) is 37.8 Å². The molecule has 0 aliphatic carbocycles. The zero-order valence-electron chi connectivity index (χ0n) is 10.6. The van der Waals surface area contributed by atoms with Crippen molar-refractivity contribution in [2.24, 2.45) is 0 Å². The lowest BCUT2D eigenvalue weighted by atomic mass is 10.0. The van der Waals surface area contributed by atoms with Gasteiger partial charge in [-0.3, -0.25) is 0 Å². The molecule has 1 rings (SSSR count). The van der Waals surface area contributed by atoms with Gasteiger partial charge in [-0.05, 0) is 49.9 Å². The van der Waals surface area contributed by atoms with Crippen LogP contribution in [0.25, 0.3) is 0 Å². The molecule has 17 heavy (non-hydrogen) atoms. The van der Waals surface area contributed by atoms with E-state index in [9.17, 15) is 4.39 Å². The lowest BCUT2D eigenvalue weighted by molar-refractivity contribution is 0.483. The summed E-state index contributed by atoms with van der Waals surface area (Å²) in [6, 6.07) is 7.14. The zero-order chi connectivity index (χ0) is 12.5. The van der Waals surface area contributed by atoms with Crippen molar-refractivity contribution in [1.82, 2.24) is 5.32 Å². The first-order chi connectivity index (χ1) is 8.27. The summed E-state index contributed by atoms with van der Waals surface area (Å²) >= 11 is 0. The van der Waals surface area contributed by atoms with Gasteiger partial charge in [0.25, 0.3) is 0 Å². The number of halogens is 1. The molecule has 0 saturated carbocycles. The minimum Gasteiger partial charge on any atom is -0.310 e. The molecule has 0 saturated heterocycles. The quantitative estimate of drug-likeness (QED) is 0.525. The molecular formula is C15H22FN. The van der Waals surface area contributed by atoms with Crippen LogP contribution in [0.15, 0.2) is 36.9 Å². The second kappa shape index (κ2) is 8.02. The molecule has 0 amide bonds. The van der Waals surface area contributed by atoms with Gasteiger partial charge in [-0.1, -0.05) is 25.1 Å². The van der Waals surface area contributed by atoms with E-state index in [1.165, 1.54) is 6.07 Å². The highest BCUT2D eigenvalue weighted by Crippen LogP contribution is 2.20. The Morgan fingerprint density at radius 3 is 2.94 bits per heavy atom. The van der Waals surface area contributed by atoms with Crippen molar-refractivity contribution in [2.75, 3.05) is 6.54 Å². The summed E-state index contributed by atoms with van der Waals surface area (Å²) in [7, 11) is 0. The van der Waals surface area contributed by atoms with Crippen LogP contribution in [0.2, 0.25) is 0 Å². The minimum atomic E-state index is -0.158. The lowest BCUT2D eigenvalue weighted by Gasteiger charge is -2.18. The highest BCUT2D eigenvalue weighted by molar-refractivity contribution is 5.20. The average molecular weight is 235 g/mol. The molecule has 0 fully saturated rings. The molecule has 1 aromatic rings. The summed E-state index contributed by atoms with van der Waals surface area (Å²) in [4.78, 5) is 0. The van der Waals surface area contributed by atoms with Gasteiger partial charge in [0.1, 0.15) is 5.82 Å². The van der Waals surface area contributed by atoms with Crippen molar-refractivity contribution in [3.8, 4) is 0 Å². The molecule has 1 atom stereocenters. The average Bonchev–Trinajstić information content (AvgIpc) is 2.33. The topological polar surface area (TPSA) is 12.0 Å². The van der Waals surface area contributed by atoms with Crippen LogP contribution in [0.5, 0.6) is 0 Å². The third kappa shape index (κ3) is 5.14. The SMILES string of the molecule is C=CCCCC(NCCC)c1cccc(F)c1. The Kier molecular flexibility index (Phi) is 6.56. The van der Waals surface area contributed by atoms with Crippen LogP contribution in [0.1, 0.15) is 44.2 Å². The normalized spacial score (nSPS) is 12.4. The predicted molar refractivity (Wildman–Crippen MR) is 71.5 cm³/mol. The second-order valence-corrected chi connectivity index (χ2v) is 4.28. The number of hydrogen-bond acceptors (Lipinski definition) is 1.